The molecule has 0 aliphatic carbocycles. The van der Waals surface area contributed by atoms with E-state index in [4.69, 9.17) is 0 Å². The molecule has 2 aromatic rings. The Labute approximate surface area is 143 Å². The SMILES string of the molecule is C/C=C\C.C=CC=C.CC.Cc1ccccc1-c1ccccc1. The van der Waals surface area contributed by atoms with Crippen LogP contribution in [0.3, 0.4) is 0 Å². The molecule has 0 heteroatoms. The maximum absolute atomic E-state index is 3.36. The minimum Gasteiger partial charge on any atom is -0.0991 e. The first-order valence-corrected chi connectivity index (χ1v) is 8.13. The van der Waals surface area contributed by atoms with Gasteiger partial charge in [-0.1, -0.05) is 106 Å². The van der Waals surface area contributed by atoms with Crippen LogP contribution in [-0.4, -0.2) is 0 Å². The van der Waals surface area contributed by atoms with Gasteiger partial charge in [0.25, 0.3) is 0 Å². The summed E-state index contributed by atoms with van der Waals surface area (Å²) in [5.41, 5.74) is 3.94. The van der Waals surface area contributed by atoms with Crippen molar-refractivity contribution < 1.29 is 0 Å². The van der Waals surface area contributed by atoms with Gasteiger partial charge in [-0.25, -0.2) is 0 Å². The molecule has 124 valence electrons. The Morgan fingerprint density at radius 1 is 0.696 bits per heavy atom. The Hall–Kier alpha value is -2.34. The minimum atomic E-state index is 1.29. The molecule has 0 aliphatic heterocycles. The van der Waals surface area contributed by atoms with Gasteiger partial charge in [0.05, 0.1) is 0 Å². The average Bonchev–Trinajstić information content (AvgIpc) is 2.65. The third-order valence-electron chi connectivity index (χ3n) is 2.73. The molecule has 0 atom stereocenters. The van der Waals surface area contributed by atoms with Crippen molar-refractivity contribution in [1.82, 2.24) is 0 Å². The fourth-order valence-electron chi connectivity index (χ4n) is 1.51. The fraction of sp³-hybridized carbons (Fsp3) is 0.217. The lowest BCUT2D eigenvalue weighted by atomic mass is 10.0. The van der Waals surface area contributed by atoms with Crippen LogP contribution in [0, 0.1) is 6.92 Å². The summed E-state index contributed by atoms with van der Waals surface area (Å²) >= 11 is 0. The summed E-state index contributed by atoms with van der Waals surface area (Å²) in [7, 11) is 0. The lowest BCUT2D eigenvalue weighted by molar-refractivity contribution is 1.46. The van der Waals surface area contributed by atoms with Gasteiger partial charge in [-0.2, -0.15) is 0 Å². The summed E-state index contributed by atoms with van der Waals surface area (Å²) in [4.78, 5) is 0. The Bertz CT molecular complexity index is 523. The van der Waals surface area contributed by atoms with E-state index in [-0.39, 0.29) is 0 Å². The second-order valence-electron chi connectivity index (χ2n) is 4.32. The van der Waals surface area contributed by atoms with Crippen molar-refractivity contribution in [2.24, 2.45) is 0 Å². The number of benzene rings is 2. The molecule has 0 saturated carbocycles. The van der Waals surface area contributed by atoms with E-state index in [2.05, 4.69) is 68.6 Å². The quantitative estimate of drug-likeness (QED) is 0.395. The molecule has 0 aromatic heterocycles. The highest BCUT2D eigenvalue weighted by Crippen LogP contribution is 2.21. The van der Waals surface area contributed by atoms with Crippen molar-refractivity contribution in [2.45, 2.75) is 34.6 Å². The maximum Gasteiger partial charge on any atom is -0.0155 e. The summed E-state index contributed by atoms with van der Waals surface area (Å²) < 4.78 is 0. The molecule has 0 bridgehead atoms. The first-order chi connectivity index (χ1) is 11.2. The molecular formula is C23H32. The molecule has 0 saturated heterocycles. The zero-order valence-corrected chi connectivity index (χ0v) is 15.4. The first-order valence-electron chi connectivity index (χ1n) is 8.13. The number of hydrogen-bond donors (Lipinski definition) is 0. The molecule has 0 fully saturated rings. The largest absolute Gasteiger partial charge is 0.0991 e. The van der Waals surface area contributed by atoms with E-state index in [1.165, 1.54) is 16.7 Å². The molecule has 2 rings (SSSR count). The summed E-state index contributed by atoms with van der Waals surface area (Å²) in [6.45, 7) is 16.9. The zero-order valence-electron chi connectivity index (χ0n) is 15.4. The van der Waals surface area contributed by atoms with Crippen LogP contribution in [0.25, 0.3) is 11.1 Å². The van der Waals surface area contributed by atoms with Crippen molar-refractivity contribution in [3.8, 4) is 11.1 Å². The number of rotatable bonds is 2. The lowest BCUT2D eigenvalue weighted by Crippen LogP contribution is -1.80. The van der Waals surface area contributed by atoms with Crippen molar-refractivity contribution in [3.05, 3.63) is 97.6 Å². The van der Waals surface area contributed by atoms with Crippen LogP contribution < -0.4 is 0 Å². The molecule has 0 nitrogen and oxygen atoms in total. The van der Waals surface area contributed by atoms with Crippen LogP contribution in [0.5, 0.6) is 0 Å². The van der Waals surface area contributed by atoms with Gasteiger partial charge >= 0.3 is 0 Å². The molecular weight excluding hydrogens is 276 g/mol. The monoisotopic (exact) mass is 308 g/mol. The third-order valence-corrected chi connectivity index (χ3v) is 2.73. The summed E-state index contributed by atoms with van der Waals surface area (Å²) in [5.74, 6) is 0. The predicted octanol–water partition coefficient (Wildman–Crippen LogP) is 7.63. The van der Waals surface area contributed by atoms with Gasteiger partial charge in [0.15, 0.2) is 0 Å². The molecule has 0 unspecified atom stereocenters. The molecule has 0 radical (unpaired) electrons. The van der Waals surface area contributed by atoms with E-state index in [1.807, 2.05) is 45.9 Å². The van der Waals surface area contributed by atoms with Gasteiger partial charge in [-0.15, -0.1) is 0 Å². The van der Waals surface area contributed by atoms with Crippen LogP contribution in [-0.2, 0) is 0 Å². The highest BCUT2D eigenvalue weighted by Gasteiger charge is 1.97. The van der Waals surface area contributed by atoms with Gasteiger partial charge < -0.3 is 0 Å². The maximum atomic E-state index is 3.36. The van der Waals surface area contributed by atoms with Crippen molar-refractivity contribution >= 4 is 0 Å². The summed E-state index contributed by atoms with van der Waals surface area (Å²) in [6.07, 6.45) is 7.28. The lowest BCUT2D eigenvalue weighted by Gasteiger charge is -2.04. The highest BCUT2D eigenvalue weighted by atomic mass is 14.0. The molecule has 0 N–H and O–H groups in total. The van der Waals surface area contributed by atoms with Crippen LogP contribution in [0.1, 0.15) is 33.3 Å². The number of hydrogen-bond acceptors (Lipinski definition) is 0. The van der Waals surface area contributed by atoms with E-state index >= 15 is 0 Å². The Morgan fingerprint density at radius 3 is 1.52 bits per heavy atom. The van der Waals surface area contributed by atoms with E-state index in [0.717, 1.165) is 0 Å². The van der Waals surface area contributed by atoms with Crippen LogP contribution >= 0.6 is 0 Å². The van der Waals surface area contributed by atoms with Crippen LogP contribution in [0.15, 0.2) is 92.1 Å². The smallest absolute Gasteiger partial charge is 0.0155 e. The Morgan fingerprint density at radius 2 is 1.13 bits per heavy atom. The molecule has 0 aliphatic rings. The predicted molar refractivity (Wildman–Crippen MR) is 109 cm³/mol. The van der Waals surface area contributed by atoms with Gasteiger partial charge in [0.2, 0.25) is 0 Å². The first kappa shape index (κ1) is 22.9. The van der Waals surface area contributed by atoms with E-state index in [9.17, 15) is 0 Å². The van der Waals surface area contributed by atoms with Crippen molar-refractivity contribution in [2.75, 3.05) is 0 Å². The topological polar surface area (TPSA) is 0 Å². The summed E-state index contributed by atoms with van der Waals surface area (Å²) in [6, 6.07) is 18.9. The van der Waals surface area contributed by atoms with E-state index in [1.54, 1.807) is 12.2 Å². The van der Waals surface area contributed by atoms with Crippen molar-refractivity contribution in [1.29, 1.82) is 0 Å². The number of aryl methyl sites for hydroxylation is 1. The standard InChI is InChI=1S/C13H12.C4H8.C4H6.C2H6/c1-11-7-5-6-10-13(11)12-8-3-2-4-9-12;2*1-3-4-2;1-2/h2-10H,1H3;3-4H,1-2H3;3-4H,1-2H2;1-2H3/b;4-3-;;. The van der Waals surface area contributed by atoms with Gasteiger partial charge in [-0.3, -0.25) is 0 Å². The normalized spacial score (nSPS) is 8.39. The fourth-order valence-corrected chi connectivity index (χ4v) is 1.51. The highest BCUT2D eigenvalue weighted by molar-refractivity contribution is 5.66. The van der Waals surface area contributed by atoms with E-state index in [0.29, 0.717) is 0 Å². The van der Waals surface area contributed by atoms with E-state index < -0.39 is 0 Å². The molecule has 0 heterocycles. The van der Waals surface area contributed by atoms with Crippen molar-refractivity contribution in [3.63, 3.8) is 0 Å². The zero-order chi connectivity index (χ0) is 17.9. The molecule has 0 spiro atoms. The average molecular weight is 309 g/mol. The molecule has 23 heavy (non-hydrogen) atoms. The minimum absolute atomic E-state index is 1.29. The molecule has 2 aromatic carbocycles. The molecule has 0 amide bonds. The summed E-state index contributed by atoms with van der Waals surface area (Å²) in [5, 5.41) is 0. The van der Waals surface area contributed by atoms with Crippen LogP contribution in [0.4, 0.5) is 0 Å². The van der Waals surface area contributed by atoms with Gasteiger partial charge in [-0.05, 0) is 37.5 Å². The second-order valence-corrected chi connectivity index (χ2v) is 4.32. The van der Waals surface area contributed by atoms with Crippen LogP contribution in [0.2, 0.25) is 0 Å². The second kappa shape index (κ2) is 17.7. The van der Waals surface area contributed by atoms with Gasteiger partial charge in [0.1, 0.15) is 0 Å². The number of allylic oxidation sites excluding steroid dienone is 4. The third kappa shape index (κ3) is 11.9. The Kier molecular flexibility index (Phi) is 17.7. The Balaban J connectivity index is 0. The van der Waals surface area contributed by atoms with Gasteiger partial charge in [0, 0.05) is 0 Å².